The number of amides is 1. The van der Waals surface area contributed by atoms with Crippen LogP contribution in [0.4, 0.5) is 4.39 Å². The van der Waals surface area contributed by atoms with Gasteiger partial charge < -0.3 is 15.0 Å². The largest absolute Gasteiger partial charge is 0.485 e. The third-order valence-corrected chi connectivity index (χ3v) is 4.65. The number of Topliss-reactive ketones (excluding diaryl/α,β-unsaturated/α-hetero) is 1. The molecular weight excluding hydrogens is 359 g/mol. The standard InChI is InChI=1S/C22H21FN2O3/c1-13-4-7-17(11-20(13)23)25-14(2)10-19(15(25)3)21(26)12-28-18-8-5-16(6-9-18)22(24)27/h4-11H,12H2,1-3H3,(H2,24,27). The van der Waals surface area contributed by atoms with E-state index in [4.69, 9.17) is 10.5 Å². The van der Waals surface area contributed by atoms with E-state index < -0.39 is 5.91 Å². The highest BCUT2D eigenvalue weighted by Gasteiger charge is 2.18. The number of primary amides is 1. The minimum absolute atomic E-state index is 0.150. The van der Waals surface area contributed by atoms with Crippen LogP contribution in [0.3, 0.4) is 0 Å². The molecule has 0 aliphatic carbocycles. The predicted molar refractivity (Wildman–Crippen MR) is 105 cm³/mol. The second-order valence-corrected chi connectivity index (χ2v) is 6.65. The van der Waals surface area contributed by atoms with Gasteiger partial charge in [0, 0.05) is 28.2 Å². The number of nitrogens with zero attached hydrogens (tertiary/aromatic N) is 1. The quantitative estimate of drug-likeness (QED) is 0.659. The molecule has 28 heavy (non-hydrogen) atoms. The molecule has 0 unspecified atom stereocenters. The Hall–Kier alpha value is -3.41. The van der Waals surface area contributed by atoms with Crippen molar-refractivity contribution in [3.05, 3.63) is 82.4 Å². The zero-order valence-electron chi connectivity index (χ0n) is 16.0. The highest BCUT2D eigenvalue weighted by atomic mass is 19.1. The molecule has 1 aromatic heterocycles. The first kappa shape index (κ1) is 19.4. The van der Waals surface area contributed by atoms with Crippen LogP contribution < -0.4 is 10.5 Å². The average molecular weight is 380 g/mol. The maximum absolute atomic E-state index is 14.0. The van der Waals surface area contributed by atoms with Crippen molar-refractivity contribution in [2.75, 3.05) is 6.61 Å². The molecule has 0 saturated heterocycles. The van der Waals surface area contributed by atoms with E-state index in [1.165, 1.54) is 6.07 Å². The minimum atomic E-state index is -0.525. The van der Waals surface area contributed by atoms with Gasteiger partial charge in [0.15, 0.2) is 6.61 Å². The van der Waals surface area contributed by atoms with Crippen molar-refractivity contribution in [1.29, 1.82) is 0 Å². The van der Waals surface area contributed by atoms with E-state index in [1.807, 2.05) is 24.5 Å². The molecule has 0 radical (unpaired) electrons. The lowest BCUT2D eigenvalue weighted by Crippen LogP contribution is -2.13. The minimum Gasteiger partial charge on any atom is -0.485 e. The fourth-order valence-corrected chi connectivity index (χ4v) is 3.11. The van der Waals surface area contributed by atoms with E-state index in [0.717, 1.165) is 11.4 Å². The summed E-state index contributed by atoms with van der Waals surface area (Å²) in [7, 11) is 0. The van der Waals surface area contributed by atoms with Crippen molar-refractivity contribution < 1.29 is 18.7 Å². The van der Waals surface area contributed by atoms with Crippen LogP contribution in [0.1, 0.15) is 37.7 Å². The van der Waals surface area contributed by atoms with E-state index in [0.29, 0.717) is 28.1 Å². The fourth-order valence-electron chi connectivity index (χ4n) is 3.11. The third kappa shape index (κ3) is 3.81. The van der Waals surface area contributed by atoms with Crippen molar-refractivity contribution in [2.45, 2.75) is 20.8 Å². The number of carbonyl (C=O) groups is 2. The Labute approximate surface area is 162 Å². The van der Waals surface area contributed by atoms with Crippen molar-refractivity contribution >= 4 is 11.7 Å². The van der Waals surface area contributed by atoms with Gasteiger partial charge in [-0.05, 0) is 68.8 Å². The summed E-state index contributed by atoms with van der Waals surface area (Å²) in [6.45, 7) is 5.24. The Balaban J connectivity index is 1.79. The highest BCUT2D eigenvalue weighted by molar-refractivity contribution is 5.99. The zero-order valence-corrected chi connectivity index (χ0v) is 16.0. The van der Waals surface area contributed by atoms with Gasteiger partial charge in [0.2, 0.25) is 11.7 Å². The highest BCUT2D eigenvalue weighted by Crippen LogP contribution is 2.23. The summed E-state index contributed by atoms with van der Waals surface area (Å²) in [5, 5.41) is 0. The number of aryl methyl sites for hydroxylation is 2. The van der Waals surface area contributed by atoms with Gasteiger partial charge in [-0.15, -0.1) is 0 Å². The van der Waals surface area contributed by atoms with Gasteiger partial charge in [0.1, 0.15) is 11.6 Å². The molecule has 0 saturated carbocycles. The number of ketones is 1. The lowest BCUT2D eigenvalue weighted by molar-refractivity contribution is 0.0919. The molecule has 0 atom stereocenters. The van der Waals surface area contributed by atoms with Crippen LogP contribution in [0, 0.1) is 26.6 Å². The topological polar surface area (TPSA) is 74.3 Å². The molecule has 0 aliphatic rings. The molecule has 0 fully saturated rings. The molecular formula is C22H21FN2O3. The summed E-state index contributed by atoms with van der Waals surface area (Å²) in [6, 6.07) is 13.0. The van der Waals surface area contributed by atoms with Crippen molar-refractivity contribution in [1.82, 2.24) is 4.57 Å². The molecule has 5 nitrogen and oxygen atoms in total. The number of carbonyl (C=O) groups excluding carboxylic acids is 2. The Morgan fingerprint density at radius 3 is 2.32 bits per heavy atom. The number of nitrogens with two attached hydrogens (primary N) is 1. The van der Waals surface area contributed by atoms with Gasteiger partial charge in [-0.2, -0.15) is 0 Å². The number of ether oxygens (including phenoxy) is 1. The summed E-state index contributed by atoms with van der Waals surface area (Å²) < 4.78 is 21.3. The predicted octanol–water partition coefficient (Wildman–Crippen LogP) is 3.90. The van der Waals surface area contributed by atoms with E-state index in [9.17, 15) is 14.0 Å². The number of aromatic nitrogens is 1. The molecule has 0 spiro atoms. The lowest BCUT2D eigenvalue weighted by Gasteiger charge is -2.11. The Kier molecular flexibility index (Phi) is 5.31. The van der Waals surface area contributed by atoms with Gasteiger partial charge in [-0.25, -0.2) is 4.39 Å². The SMILES string of the molecule is Cc1ccc(-n2c(C)cc(C(=O)COc3ccc(C(N)=O)cc3)c2C)cc1F. The van der Waals surface area contributed by atoms with Crippen molar-refractivity contribution in [3.63, 3.8) is 0 Å². The molecule has 144 valence electrons. The summed E-state index contributed by atoms with van der Waals surface area (Å²) in [4.78, 5) is 23.7. The van der Waals surface area contributed by atoms with Gasteiger partial charge in [0.25, 0.3) is 0 Å². The first-order valence-electron chi connectivity index (χ1n) is 8.79. The molecule has 0 bridgehead atoms. The van der Waals surface area contributed by atoms with Crippen LogP contribution >= 0.6 is 0 Å². The second-order valence-electron chi connectivity index (χ2n) is 6.65. The van der Waals surface area contributed by atoms with Gasteiger partial charge in [-0.1, -0.05) is 6.07 Å². The summed E-state index contributed by atoms with van der Waals surface area (Å²) in [6.07, 6.45) is 0. The molecule has 0 aliphatic heterocycles. The molecule has 1 heterocycles. The summed E-state index contributed by atoms with van der Waals surface area (Å²) >= 11 is 0. The van der Waals surface area contributed by atoms with Crippen LogP contribution in [0.15, 0.2) is 48.5 Å². The van der Waals surface area contributed by atoms with Crippen molar-refractivity contribution in [3.8, 4) is 11.4 Å². The molecule has 6 heteroatoms. The third-order valence-electron chi connectivity index (χ3n) is 4.65. The first-order chi connectivity index (χ1) is 13.3. The van der Waals surface area contributed by atoms with E-state index in [-0.39, 0.29) is 18.2 Å². The lowest BCUT2D eigenvalue weighted by atomic mass is 10.1. The normalized spacial score (nSPS) is 10.7. The second kappa shape index (κ2) is 7.68. The number of hydrogen-bond donors (Lipinski definition) is 1. The van der Waals surface area contributed by atoms with Crippen molar-refractivity contribution in [2.24, 2.45) is 5.73 Å². The van der Waals surface area contributed by atoms with Crippen LogP contribution in [0.25, 0.3) is 5.69 Å². The number of halogens is 1. The molecule has 3 rings (SSSR count). The Morgan fingerprint density at radius 1 is 1.04 bits per heavy atom. The molecule has 1 amide bonds. The zero-order chi connectivity index (χ0) is 20.4. The maximum atomic E-state index is 14.0. The monoisotopic (exact) mass is 380 g/mol. The summed E-state index contributed by atoms with van der Waals surface area (Å²) in [5.41, 5.74) is 8.87. The van der Waals surface area contributed by atoms with Crippen LogP contribution in [-0.2, 0) is 0 Å². The maximum Gasteiger partial charge on any atom is 0.248 e. The molecule has 2 N–H and O–H groups in total. The van der Waals surface area contributed by atoms with Gasteiger partial charge in [-0.3, -0.25) is 9.59 Å². The van der Waals surface area contributed by atoms with E-state index >= 15 is 0 Å². The number of rotatable bonds is 6. The molecule has 2 aromatic carbocycles. The summed E-state index contributed by atoms with van der Waals surface area (Å²) in [5.74, 6) is -0.540. The van der Waals surface area contributed by atoms with Crippen LogP contribution in [0.2, 0.25) is 0 Å². The fraction of sp³-hybridized carbons (Fsp3) is 0.182. The number of benzene rings is 2. The van der Waals surface area contributed by atoms with Crippen LogP contribution in [-0.4, -0.2) is 22.9 Å². The van der Waals surface area contributed by atoms with Gasteiger partial charge >= 0.3 is 0 Å². The van der Waals surface area contributed by atoms with E-state index in [1.54, 1.807) is 43.3 Å². The average Bonchev–Trinajstić information content (AvgIpc) is 2.97. The Bertz CT molecular complexity index is 1050. The van der Waals surface area contributed by atoms with Crippen LogP contribution in [0.5, 0.6) is 5.75 Å². The smallest absolute Gasteiger partial charge is 0.248 e. The van der Waals surface area contributed by atoms with E-state index in [2.05, 4.69) is 0 Å². The Morgan fingerprint density at radius 2 is 1.71 bits per heavy atom. The van der Waals surface area contributed by atoms with Gasteiger partial charge in [0.05, 0.1) is 0 Å². The number of hydrogen-bond acceptors (Lipinski definition) is 3. The molecule has 3 aromatic rings. The first-order valence-corrected chi connectivity index (χ1v) is 8.79.